The van der Waals surface area contributed by atoms with E-state index in [0.29, 0.717) is 17.7 Å². The Balaban J connectivity index is 1.89. The number of nitrogens with two attached hydrogens (primary N) is 1. The molecule has 3 N–H and O–H groups in total. The van der Waals surface area contributed by atoms with E-state index in [4.69, 9.17) is 10.4 Å². The molecule has 0 aliphatic carbocycles. The highest BCUT2D eigenvalue weighted by molar-refractivity contribution is 5.91. The predicted molar refractivity (Wildman–Crippen MR) is 75.7 cm³/mol. The first kappa shape index (κ1) is 15.0. The van der Waals surface area contributed by atoms with Gasteiger partial charge in [-0.2, -0.15) is 0 Å². The van der Waals surface area contributed by atoms with Crippen LogP contribution in [-0.4, -0.2) is 29.1 Å². The lowest BCUT2D eigenvalue weighted by Crippen LogP contribution is -2.39. The lowest BCUT2D eigenvalue weighted by atomic mass is 9.74. The Kier molecular flexibility index (Phi) is 4.77. The highest BCUT2D eigenvalue weighted by Crippen LogP contribution is 2.38. The molecule has 0 saturated carbocycles. The number of carbonyl (C=O) groups is 1. The highest BCUT2D eigenvalue weighted by Gasteiger charge is 2.31. The number of hydrogen-bond acceptors (Lipinski definition) is 5. The van der Waals surface area contributed by atoms with Gasteiger partial charge in [0.25, 0.3) is 5.91 Å². The molecule has 1 aliphatic rings. The van der Waals surface area contributed by atoms with E-state index in [-0.39, 0.29) is 5.69 Å². The second-order valence-electron chi connectivity index (χ2n) is 5.64. The van der Waals surface area contributed by atoms with Crippen molar-refractivity contribution in [3.63, 3.8) is 0 Å². The molecule has 2 rings (SSSR count). The summed E-state index contributed by atoms with van der Waals surface area (Å²) < 4.78 is 5.19. The Morgan fingerprint density at radius 1 is 1.45 bits per heavy atom. The minimum absolute atomic E-state index is 0.232. The summed E-state index contributed by atoms with van der Waals surface area (Å²) in [6.45, 7) is 7.41. The van der Waals surface area contributed by atoms with Crippen molar-refractivity contribution in [2.24, 2.45) is 11.3 Å². The number of rotatable bonds is 5. The maximum Gasteiger partial charge on any atom is 0.287 e. The van der Waals surface area contributed by atoms with Crippen LogP contribution in [0.4, 0.5) is 0 Å². The molecule has 0 aromatic carbocycles. The van der Waals surface area contributed by atoms with Gasteiger partial charge in [-0.05, 0) is 31.3 Å². The molecular weight excluding hydrogens is 256 g/mol. The van der Waals surface area contributed by atoms with Crippen molar-refractivity contribution in [1.29, 1.82) is 0 Å². The number of hydrogen-bond donors (Lipinski definition) is 2. The zero-order chi connectivity index (χ0) is 14.6. The number of hydrazine groups is 1. The molecule has 2 heterocycles. The van der Waals surface area contributed by atoms with Crippen molar-refractivity contribution >= 4 is 5.91 Å². The van der Waals surface area contributed by atoms with Gasteiger partial charge in [0, 0.05) is 6.07 Å². The van der Waals surface area contributed by atoms with Gasteiger partial charge < -0.3 is 4.52 Å². The van der Waals surface area contributed by atoms with Crippen molar-refractivity contribution in [3.05, 3.63) is 17.5 Å². The number of nitrogens with zero attached hydrogens (tertiary/aromatic N) is 2. The molecule has 1 amide bonds. The van der Waals surface area contributed by atoms with Crippen LogP contribution in [0.3, 0.4) is 0 Å². The summed E-state index contributed by atoms with van der Waals surface area (Å²) in [5, 5.41) is 3.72. The molecule has 6 nitrogen and oxygen atoms in total. The minimum Gasteiger partial charge on any atom is -0.359 e. The first-order valence-electron chi connectivity index (χ1n) is 7.31. The number of likely N-dealkylation sites (tertiary alicyclic amines) is 1. The van der Waals surface area contributed by atoms with Crippen LogP contribution < -0.4 is 11.3 Å². The van der Waals surface area contributed by atoms with Gasteiger partial charge in [-0.1, -0.05) is 31.8 Å². The van der Waals surface area contributed by atoms with Gasteiger partial charge in [-0.15, -0.1) is 0 Å². The van der Waals surface area contributed by atoms with Crippen LogP contribution in [-0.2, 0) is 6.54 Å². The van der Waals surface area contributed by atoms with Gasteiger partial charge in [0.05, 0.1) is 6.54 Å². The summed E-state index contributed by atoms with van der Waals surface area (Å²) in [7, 11) is 0. The number of nitrogen functional groups attached to an aromatic ring is 1. The first-order chi connectivity index (χ1) is 9.62. The molecule has 0 spiro atoms. The SMILES string of the molecule is CCC1(CC)CCN(Cc2cc(C(=O)NN)no2)CC1. The first-order valence-corrected chi connectivity index (χ1v) is 7.31. The highest BCUT2D eigenvalue weighted by atomic mass is 16.5. The van der Waals surface area contributed by atoms with Crippen LogP contribution in [0.25, 0.3) is 0 Å². The molecule has 0 atom stereocenters. The van der Waals surface area contributed by atoms with E-state index in [1.807, 2.05) is 5.43 Å². The van der Waals surface area contributed by atoms with Crippen molar-refractivity contribution in [2.75, 3.05) is 13.1 Å². The number of carbonyl (C=O) groups excluding carboxylic acids is 1. The average Bonchev–Trinajstić information content (AvgIpc) is 2.96. The molecule has 0 unspecified atom stereocenters. The third-order valence-corrected chi connectivity index (χ3v) is 4.72. The zero-order valence-electron chi connectivity index (χ0n) is 12.3. The van der Waals surface area contributed by atoms with Gasteiger partial charge in [-0.25, -0.2) is 5.84 Å². The standard InChI is InChI=1S/C14H24N4O2/c1-3-14(4-2)5-7-18(8-6-14)10-11-9-12(17-20-11)13(19)16-15/h9H,3-8,10,15H2,1-2H3,(H,16,19). The van der Waals surface area contributed by atoms with E-state index < -0.39 is 5.91 Å². The molecule has 1 saturated heterocycles. The summed E-state index contributed by atoms with van der Waals surface area (Å²) in [5.74, 6) is 5.36. The van der Waals surface area contributed by atoms with Crippen LogP contribution in [0.2, 0.25) is 0 Å². The molecule has 112 valence electrons. The second-order valence-corrected chi connectivity index (χ2v) is 5.64. The van der Waals surface area contributed by atoms with Crippen LogP contribution >= 0.6 is 0 Å². The Bertz CT molecular complexity index is 444. The molecule has 20 heavy (non-hydrogen) atoms. The quantitative estimate of drug-likeness (QED) is 0.487. The van der Waals surface area contributed by atoms with Crippen LogP contribution in [0.1, 0.15) is 55.8 Å². The maximum absolute atomic E-state index is 11.3. The number of piperidine rings is 1. The van der Waals surface area contributed by atoms with E-state index in [0.717, 1.165) is 13.1 Å². The number of nitrogens with one attached hydrogen (secondary N) is 1. The molecule has 0 bridgehead atoms. The summed E-state index contributed by atoms with van der Waals surface area (Å²) in [5.41, 5.74) is 2.80. The number of amides is 1. The molecule has 1 aromatic heterocycles. The monoisotopic (exact) mass is 280 g/mol. The van der Waals surface area contributed by atoms with E-state index in [2.05, 4.69) is 23.9 Å². The topological polar surface area (TPSA) is 84.4 Å². The van der Waals surface area contributed by atoms with E-state index >= 15 is 0 Å². The smallest absolute Gasteiger partial charge is 0.287 e. The fourth-order valence-corrected chi connectivity index (χ4v) is 2.93. The van der Waals surface area contributed by atoms with Crippen LogP contribution in [0.15, 0.2) is 10.6 Å². The number of aromatic nitrogens is 1. The van der Waals surface area contributed by atoms with Gasteiger partial charge in [0.2, 0.25) is 0 Å². The summed E-state index contributed by atoms with van der Waals surface area (Å²) in [6, 6.07) is 1.66. The van der Waals surface area contributed by atoms with Gasteiger partial charge in [-0.3, -0.25) is 15.1 Å². The van der Waals surface area contributed by atoms with E-state index in [1.54, 1.807) is 6.07 Å². The molecule has 1 fully saturated rings. The molecule has 1 aliphatic heterocycles. The van der Waals surface area contributed by atoms with Gasteiger partial charge in [0.1, 0.15) is 0 Å². The van der Waals surface area contributed by atoms with Crippen LogP contribution in [0.5, 0.6) is 0 Å². The van der Waals surface area contributed by atoms with Crippen LogP contribution in [0, 0.1) is 5.41 Å². The Morgan fingerprint density at radius 3 is 2.65 bits per heavy atom. The molecule has 0 radical (unpaired) electrons. The lowest BCUT2D eigenvalue weighted by Gasteiger charge is -2.40. The molecular formula is C14H24N4O2. The summed E-state index contributed by atoms with van der Waals surface area (Å²) in [6.07, 6.45) is 4.95. The van der Waals surface area contributed by atoms with Crippen molar-refractivity contribution < 1.29 is 9.32 Å². The Hall–Kier alpha value is -1.40. The Labute approximate surface area is 119 Å². The Morgan fingerprint density at radius 2 is 2.10 bits per heavy atom. The predicted octanol–water partition coefficient (Wildman–Crippen LogP) is 1.68. The zero-order valence-corrected chi connectivity index (χ0v) is 12.3. The van der Waals surface area contributed by atoms with Crippen molar-refractivity contribution in [1.82, 2.24) is 15.5 Å². The van der Waals surface area contributed by atoms with E-state index in [1.165, 1.54) is 25.7 Å². The van der Waals surface area contributed by atoms with Gasteiger partial charge >= 0.3 is 0 Å². The van der Waals surface area contributed by atoms with Crippen molar-refractivity contribution in [2.45, 2.75) is 46.1 Å². The summed E-state index contributed by atoms with van der Waals surface area (Å²) >= 11 is 0. The largest absolute Gasteiger partial charge is 0.359 e. The lowest BCUT2D eigenvalue weighted by molar-refractivity contribution is 0.0845. The normalized spacial score (nSPS) is 18.9. The molecule has 1 aromatic rings. The fourth-order valence-electron chi connectivity index (χ4n) is 2.93. The third-order valence-electron chi connectivity index (χ3n) is 4.72. The second kappa shape index (κ2) is 6.37. The summed E-state index contributed by atoms with van der Waals surface area (Å²) in [4.78, 5) is 13.7. The third kappa shape index (κ3) is 3.19. The molecule has 6 heteroatoms. The average molecular weight is 280 g/mol. The minimum atomic E-state index is -0.422. The van der Waals surface area contributed by atoms with E-state index in [9.17, 15) is 4.79 Å². The van der Waals surface area contributed by atoms with Gasteiger partial charge in [0.15, 0.2) is 11.5 Å². The van der Waals surface area contributed by atoms with Crippen molar-refractivity contribution in [3.8, 4) is 0 Å². The maximum atomic E-state index is 11.3. The fraction of sp³-hybridized carbons (Fsp3) is 0.714.